The summed E-state index contributed by atoms with van der Waals surface area (Å²) >= 11 is 0. The van der Waals surface area contributed by atoms with Crippen molar-refractivity contribution in [2.24, 2.45) is 5.41 Å². The van der Waals surface area contributed by atoms with Crippen molar-refractivity contribution < 1.29 is 23.8 Å². The summed E-state index contributed by atoms with van der Waals surface area (Å²) in [6.45, 7) is 7.98. The van der Waals surface area contributed by atoms with Gasteiger partial charge in [-0.05, 0) is 93.5 Å². The SMILES string of the molecule is COc1ccc(C(=O)OC(C)(C)C)cc1-c1ccc([C@H]2CC23CCN(C(=O)[C@H]2CCCO2)CC3)cc1. The zero-order valence-electron chi connectivity index (χ0n) is 21.8. The number of methoxy groups -OCH3 is 1. The number of benzene rings is 2. The lowest BCUT2D eigenvalue weighted by atomic mass is 9.88. The smallest absolute Gasteiger partial charge is 0.338 e. The Kier molecular flexibility index (Phi) is 6.58. The number of nitrogens with zero attached hydrogens (tertiary/aromatic N) is 1. The van der Waals surface area contributed by atoms with Gasteiger partial charge in [-0.2, -0.15) is 0 Å². The molecule has 0 unspecified atom stereocenters. The molecule has 1 aliphatic carbocycles. The molecule has 0 aromatic heterocycles. The van der Waals surface area contributed by atoms with E-state index in [9.17, 15) is 9.59 Å². The third-order valence-electron chi connectivity index (χ3n) is 7.92. The maximum atomic E-state index is 12.7. The van der Waals surface area contributed by atoms with Crippen molar-refractivity contribution in [3.8, 4) is 16.9 Å². The average Bonchev–Trinajstić information content (AvgIpc) is 3.27. The van der Waals surface area contributed by atoms with Crippen molar-refractivity contribution in [1.29, 1.82) is 0 Å². The summed E-state index contributed by atoms with van der Waals surface area (Å²) in [5, 5.41) is 0. The first kappa shape index (κ1) is 24.8. The van der Waals surface area contributed by atoms with Crippen LogP contribution in [-0.2, 0) is 14.3 Å². The molecule has 1 amide bonds. The fraction of sp³-hybridized carbons (Fsp3) is 0.533. The highest BCUT2D eigenvalue weighted by Gasteiger charge is 2.55. The normalized spacial score (nSPS) is 22.9. The molecule has 36 heavy (non-hydrogen) atoms. The molecule has 6 heteroatoms. The van der Waals surface area contributed by atoms with Crippen LogP contribution in [0.4, 0.5) is 0 Å². The predicted molar refractivity (Wildman–Crippen MR) is 138 cm³/mol. The average molecular weight is 492 g/mol. The number of carbonyl (C=O) groups is 2. The van der Waals surface area contributed by atoms with E-state index in [1.165, 1.54) is 12.0 Å². The van der Waals surface area contributed by atoms with Crippen LogP contribution in [-0.4, -0.2) is 55.3 Å². The van der Waals surface area contributed by atoms with Gasteiger partial charge in [0.05, 0.1) is 12.7 Å². The molecule has 6 nitrogen and oxygen atoms in total. The minimum atomic E-state index is -0.549. The highest BCUT2D eigenvalue weighted by Crippen LogP contribution is 2.65. The van der Waals surface area contributed by atoms with Gasteiger partial charge in [-0.15, -0.1) is 0 Å². The first-order valence-electron chi connectivity index (χ1n) is 13.1. The zero-order chi connectivity index (χ0) is 25.5. The summed E-state index contributed by atoms with van der Waals surface area (Å²) in [5.74, 6) is 1.11. The van der Waals surface area contributed by atoms with Crippen molar-refractivity contribution >= 4 is 11.9 Å². The Morgan fingerprint density at radius 1 is 1.06 bits per heavy atom. The molecule has 1 spiro atoms. The Morgan fingerprint density at radius 3 is 2.39 bits per heavy atom. The second-order valence-electron chi connectivity index (χ2n) is 11.5. The summed E-state index contributed by atoms with van der Waals surface area (Å²) in [6.07, 6.45) is 4.94. The van der Waals surface area contributed by atoms with Crippen molar-refractivity contribution in [2.45, 2.75) is 70.5 Å². The zero-order valence-corrected chi connectivity index (χ0v) is 21.8. The van der Waals surface area contributed by atoms with E-state index in [4.69, 9.17) is 14.2 Å². The number of hydrogen-bond acceptors (Lipinski definition) is 5. The van der Waals surface area contributed by atoms with Gasteiger partial charge in [-0.25, -0.2) is 4.79 Å². The van der Waals surface area contributed by atoms with Crippen LogP contribution in [0.2, 0.25) is 0 Å². The highest BCUT2D eigenvalue weighted by atomic mass is 16.6. The van der Waals surface area contributed by atoms with Gasteiger partial charge >= 0.3 is 5.97 Å². The van der Waals surface area contributed by atoms with Gasteiger partial charge in [0.15, 0.2) is 0 Å². The summed E-state index contributed by atoms with van der Waals surface area (Å²) in [6, 6.07) is 14.1. The molecule has 2 aromatic carbocycles. The second-order valence-corrected chi connectivity index (χ2v) is 11.5. The van der Waals surface area contributed by atoms with Gasteiger partial charge in [-0.1, -0.05) is 24.3 Å². The van der Waals surface area contributed by atoms with Crippen LogP contribution in [0.15, 0.2) is 42.5 Å². The molecule has 3 fully saturated rings. The maximum absolute atomic E-state index is 12.7. The first-order valence-corrected chi connectivity index (χ1v) is 13.1. The lowest BCUT2D eigenvalue weighted by molar-refractivity contribution is -0.142. The van der Waals surface area contributed by atoms with Crippen LogP contribution in [0.1, 0.15) is 74.7 Å². The van der Waals surface area contributed by atoms with Gasteiger partial charge in [0.25, 0.3) is 5.91 Å². The summed E-state index contributed by atoms with van der Waals surface area (Å²) < 4.78 is 16.7. The van der Waals surface area contributed by atoms with Crippen LogP contribution in [0.3, 0.4) is 0 Å². The molecule has 0 bridgehead atoms. The predicted octanol–water partition coefficient (Wildman–Crippen LogP) is 5.59. The van der Waals surface area contributed by atoms with Crippen molar-refractivity contribution in [1.82, 2.24) is 4.90 Å². The lowest BCUT2D eigenvalue weighted by Gasteiger charge is -2.34. The Balaban J connectivity index is 1.26. The van der Waals surface area contributed by atoms with Gasteiger partial charge in [0.1, 0.15) is 17.5 Å². The van der Waals surface area contributed by atoms with Gasteiger partial charge < -0.3 is 19.1 Å². The molecule has 2 aliphatic heterocycles. The van der Waals surface area contributed by atoms with Crippen molar-refractivity contribution in [2.75, 3.05) is 26.8 Å². The molecule has 2 saturated heterocycles. The molecular formula is C30H37NO5. The largest absolute Gasteiger partial charge is 0.496 e. The van der Waals surface area contributed by atoms with E-state index < -0.39 is 5.60 Å². The van der Waals surface area contributed by atoms with Crippen molar-refractivity contribution in [3.05, 3.63) is 53.6 Å². The number of piperidine rings is 1. The molecule has 0 radical (unpaired) electrons. The Labute approximate surface area is 213 Å². The molecule has 2 heterocycles. The summed E-state index contributed by atoms with van der Waals surface area (Å²) in [4.78, 5) is 27.3. The van der Waals surface area contributed by atoms with Crippen LogP contribution >= 0.6 is 0 Å². The molecule has 3 aliphatic rings. The topological polar surface area (TPSA) is 65.1 Å². The van der Waals surface area contributed by atoms with Crippen LogP contribution in [0, 0.1) is 5.41 Å². The van der Waals surface area contributed by atoms with E-state index in [1.807, 2.05) is 37.8 Å². The number of ether oxygens (including phenoxy) is 3. The molecule has 5 rings (SSSR count). The highest BCUT2D eigenvalue weighted by molar-refractivity contribution is 5.92. The quantitative estimate of drug-likeness (QED) is 0.510. The molecule has 192 valence electrons. The number of esters is 1. The number of carbonyl (C=O) groups excluding carboxylic acids is 2. The van der Waals surface area contributed by atoms with E-state index in [-0.39, 0.29) is 18.0 Å². The van der Waals surface area contributed by atoms with E-state index in [0.29, 0.717) is 23.5 Å². The fourth-order valence-corrected chi connectivity index (χ4v) is 5.81. The van der Waals surface area contributed by atoms with Crippen molar-refractivity contribution in [3.63, 3.8) is 0 Å². The second kappa shape index (κ2) is 9.55. The Hall–Kier alpha value is -2.86. The Morgan fingerprint density at radius 2 is 1.78 bits per heavy atom. The number of amides is 1. The van der Waals surface area contributed by atoms with Crippen LogP contribution in [0.5, 0.6) is 5.75 Å². The van der Waals surface area contributed by atoms with E-state index in [2.05, 4.69) is 24.3 Å². The lowest BCUT2D eigenvalue weighted by Crippen LogP contribution is -2.44. The minimum Gasteiger partial charge on any atom is -0.496 e. The van der Waals surface area contributed by atoms with Gasteiger partial charge in [-0.3, -0.25) is 4.79 Å². The molecular weight excluding hydrogens is 454 g/mol. The minimum absolute atomic E-state index is 0.187. The standard InChI is InChI=1S/C30H37NO5/c1-29(2,3)36-28(33)22-11-12-25(34-4)23(18-22)20-7-9-21(10-8-20)24-19-30(24)13-15-31(16-14-30)27(32)26-6-5-17-35-26/h7-12,18,24,26H,5-6,13-17,19H2,1-4H3/t24-,26-/m1/s1. The van der Waals surface area contributed by atoms with Gasteiger partial charge in [0, 0.05) is 25.3 Å². The number of rotatable bonds is 5. The molecule has 2 atom stereocenters. The monoisotopic (exact) mass is 491 g/mol. The number of likely N-dealkylation sites (tertiary alicyclic amines) is 1. The summed E-state index contributed by atoms with van der Waals surface area (Å²) in [5.41, 5.74) is 3.51. The summed E-state index contributed by atoms with van der Waals surface area (Å²) in [7, 11) is 1.64. The Bertz CT molecular complexity index is 1120. The molecule has 2 aromatic rings. The fourth-order valence-electron chi connectivity index (χ4n) is 5.81. The third kappa shape index (κ3) is 5.01. The molecule has 1 saturated carbocycles. The van der Waals surface area contributed by atoms with E-state index >= 15 is 0 Å². The first-order chi connectivity index (χ1) is 17.2. The van der Waals surface area contributed by atoms with Crippen LogP contribution < -0.4 is 4.74 Å². The van der Waals surface area contributed by atoms with E-state index in [0.717, 1.165) is 55.6 Å². The molecule has 0 N–H and O–H groups in total. The number of hydrogen-bond donors (Lipinski definition) is 0. The van der Waals surface area contributed by atoms with Crippen LogP contribution in [0.25, 0.3) is 11.1 Å². The van der Waals surface area contributed by atoms with E-state index in [1.54, 1.807) is 13.2 Å². The van der Waals surface area contributed by atoms with Gasteiger partial charge in [0.2, 0.25) is 0 Å². The third-order valence-corrected chi connectivity index (χ3v) is 7.92. The maximum Gasteiger partial charge on any atom is 0.338 e.